The van der Waals surface area contributed by atoms with Crippen LogP contribution in [0.3, 0.4) is 0 Å². The molecular formula is C21H22F2N2O. The molecule has 0 radical (unpaired) electrons. The Morgan fingerprint density at radius 2 is 1.96 bits per heavy atom. The van der Waals surface area contributed by atoms with Crippen molar-refractivity contribution >= 4 is 11.5 Å². The van der Waals surface area contributed by atoms with Gasteiger partial charge in [-0.15, -0.1) is 0 Å². The van der Waals surface area contributed by atoms with E-state index in [1.807, 2.05) is 18.2 Å². The first-order valence-corrected chi connectivity index (χ1v) is 8.75. The molecule has 0 unspecified atom stereocenters. The maximum absolute atomic E-state index is 13.8. The van der Waals surface area contributed by atoms with Crippen molar-refractivity contribution in [1.29, 1.82) is 0 Å². The normalized spacial score (nSPS) is 15.5. The summed E-state index contributed by atoms with van der Waals surface area (Å²) < 4.78 is 26.8. The first kappa shape index (κ1) is 18.3. The van der Waals surface area contributed by atoms with Crippen molar-refractivity contribution in [1.82, 2.24) is 10.2 Å². The molecule has 136 valence electrons. The molecule has 0 spiro atoms. The van der Waals surface area contributed by atoms with Crippen molar-refractivity contribution in [2.75, 3.05) is 19.6 Å². The molecule has 0 aliphatic carbocycles. The Morgan fingerprint density at radius 1 is 1.19 bits per heavy atom. The van der Waals surface area contributed by atoms with Gasteiger partial charge in [-0.25, -0.2) is 8.78 Å². The van der Waals surface area contributed by atoms with E-state index in [0.29, 0.717) is 18.7 Å². The minimum absolute atomic E-state index is 0.0252. The maximum atomic E-state index is 13.8. The molecule has 3 rings (SSSR count). The van der Waals surface area contributed by atoms with E-state index in [2.05, 4.69) is 23.5 Å². The molecule has 2 aromatic carbocycles. The van der Waals surface area contributed by atoms with Crippen molar-refractivity contribution in [3.8, 4) is 0 Å². The zero-order chi connectivity index (χ0) is 18.5. The Kier molecular flexibility index (Phi) is 5.78. The second kappa shape index (κ2) is 8.23. The lowest BCUT2D eigenvalue weighted by Gasteiger charge is -2.27. The molecule has 1 N–H and O–H groups in total. The van der Waals surface area contributed by atoms with Crippen LogP contribution in [0.15, 0.2) is 54.6 Å². The van der Waals surface area contributed by atoms with Crippen molar-refractivity contribution in [2.45, 2.75) is 19.4 Å². The van der Waals surface area contributed by atoms with Gasteiger partial charge >= 0.3 is 0 Å². The molecule has 26 heavy (non-hydrogen) atoms. The summed E-state index contributed by atoms with van der Waals surface area (Å²) in [5.41, 5.74) is 2.80. The molecule has 1 atom stereocenters. The van der Waals surface area contributed by atoms with Crippen LogP contribution in [0, 0.1) is 11.6 Å². The third-order valence-corrected chi connectivity index (χ3v) is 4.69. The van der Waals surface area contributed by atoms with Crippen LogP contribution < -0.4 is 5.32 Å². The van der Waals surface area contributed by atoms with Crippen LogP contribution in [-0.2, 0) is 4.79 Å². The third-order valence-electron chi connectivity index (χ3n) is 4.69. The van der Waals surface area contributed by atoms with E-state index in [1.54, 1.807) is 11.8 Å². The number of hydrogen-bond donors (Lipinski definition) is 1. The predicted octanol–water partition coefficient (Wildman–Crippen LogP) is 3.93. The summed E-state index contributed by atoms with van der Waals surface area (Å²) in [5.74, 6) is -1.24. The number of carbonyl (C=O) groups excluding carboxylic acids is 1. The number of nitrogens with zero attached hydrogens (tertiary/aromatic N) is 1. The van der Waals surface area contributed by atoms with Gasteiger partial charge in [0, 0.05) is 30.8 Å². The fourth-order valence-electron chi connectivity index (χ4n) is 3.12. The molecule has 0 fully saturated rings. The Hall–Kier alpha value is -2.53. The van der Waals surface area contributed by atoms with E-state index >= 15 is 0 Å². The number of halogens is 2. The van der Waals surface area contributed by atoms with Crippen LogP contribution in [-0.4, -0.2) is 30.4 Å². The van der Waals surface area contributed by atoms with E-state index < -0.39 is 11.6 Å². The van der Waals surface area contributed by atoms with Crippen molar-refractivity contribution in [3.63, 3.8) is 0 Å². The van der Waals surface area contributed by atoms with Gasteiger partial charge in [0.15, 0.2) is 0 Å². The summed E-state index contributed by atoms with van der Waals surface area (Å²) in [4.78, 5) is 14.2. The standard InChI is InChI=1S/C21H22F2N2O/c1-15(19-8-7-18(22)13-20(19)23)24-14-21(26)25-11-9-17(10-12-25)16-5-3-2-4-6-16/h2-9,13,15,24H,10-12,14H2,1H3/t15-/m0/s1. The molecule has 1 amide bonds. The molecule has 5 heteroatoms. The monoisotopic (exact) mass is 356 g/mol. The molecule has 0 saturated carbocycles. The molecule has 1 aliphatic heterocycles. The second-order valence-corrected chi connectivity index (χ2v) is 6.45. The Bertz CT molecular complexity index is 805. The van der Waals surface area contributed by atoms with Crippen LogP contribution in [0.4, 0.5) is 8.78 Å². The predicted molar refractivity (Wildman–Crippen MR) is 98.4 cm³/mol. The molecular weight excluding hydrogens is 334 g/mol. The summed E-state index contributed by atoms with van der Waals surface area (Å²) in [6.07, 6.45) is 2.90. The Labute approximate surface area is 152 Å². The summed E-state index contributed by atoms with van der Waals surface area (Å²) in [5, 5.41) is 3.02. The van der Waals surface area contributed by atoms with Gasteiger partial charge in [-0.2, -0.15) is 0 Å². The fourth-order valence-corrected chi connectivity index (χ4v) is 3.12. The van der Waals surface area contributed by atoms with E-state index in [0.717, 1.165) is 12.5 Å². The van der Waals surface area contributed by atoms with Crippen LogP contribution in [0.2, 0.25) is 0 Å². The summed E-state index contributed by atoms with van der Waals surface area (Å²) in [7, 11) is 0. The van der Waals surface area contributed by atoms with Crippen LogP contribution in [0.25, 0.3) is 5.57 Å². The van der Waals surface area contributed by atoms with Gasteiger partial charge in [0.25, 0.3) is 0 Å². The van der Waals surface area contributed by atoms with Crippen LogP contribution in [0.1, 0.15) is 30.5 Å². The van der Waals surface area contributed by atoms with E-state index in [1.165, 1.54) is 23.3 Å². The van der Waals surface area contributed by atoms with Crippen LogP contribution >= 0.6 is 0 Å². The molecule has 2 aromatic rings. The van der Waals surface area contributed by atoms with Gasteiger partial charge in [-0.1, -0.05) is 42.5 Å². The highest BCUT2D eigenvalue weighted by atomic mass is 19.1. The quantitative estimate of drug-likeness (QED) is 0.880. The van der Waals surface area contributed by atoms with Gasteiger partial charge in [0.1, 0.15) is 11.6 Å². The lowest BCUT2D eigenvalue weighted by atomic mass is 9.99. The number of hydrogen-bond acceptors (Lipinski definition) is 2. The lowest BCUT2D eigenvalue weighted by molar-refractivity contribution is -0.129. The largest absolute Gasteiger partial charge is 0.338 e. The summed E-state index contributed by atoms with van der Waals surface area (Å²) in [6, 6.07) is 13.3. The zero-order valence-corrected chi connectivity index (χ0v) is 14.7. The third kappa shape index (κ3) is 4.35. The SMILES string of the molecule is C[C@H](NCC(=O)N1CC=C(c2ccccc2)CC1)c1ccc(F)cc1F. The van der Waals surface area contributed by atoms with Gasteiger partial charge in [0.05, 0.1) is 6.54 Å². The number of nitrogens with one attached hydrogen (secondary N) is 1. The van der Waals surface area contributed by atoms with Gasteiger partial charge in [-0.3, -0.25) is 4.79 Å². The van der Waals surface area contributed by atoms with Crippen LogP contribution in [0.5, 0.6) is 0 Å². The number of amides is 1. The Balaban J connectivity index is 1.54. The fraction of sp³-hybridized carbons (Fsp3) is 0.286. The highest BCUT2D eigenvalue weighted by molar-refractivity contribution is 5.80. The number of rotatable bonds is 5. The molecule has 0 aromatic heterocycles. The van der Waals surface area contributed by atoms with E-state index in [4.69, 9.17) is 0 Å². The molecule has 0 bridgehead atoms. The summed E-state index contributed by atoms with van der Waals surface area (Å²) in [6.45, 7) is 3.12. The number of benzene rings is 2. The number of carbonyl (C=O) groups is 1. The average molecular weight is 356 g/mol. The molecule has 3 nitrogen and oxygen atoms in total. The Morgan fingerprint density at radius 3 is 2.62 bits per heavy atom. The topological polar surface area (TPSA) is 32.3 Å². The van der Waals surface area contributed by atoms with E-state index in [9.17, 15) is 13.6 Å². The van der Waals surface area contributed by atoms with Gasteiger partial charge < -0.3 is 10.2 Å². The first-order valence-electron chi connectivity index (χ1n) is 8.75. The van der Waals surface area contributed by atoms with Gasteiger partial charge in [0.2, 0.25) is 5.91 Å². The van der Waals surface area contributed by atoms with Gasteiger partial charge in [-0.05, 0) is 30.5 Å². The highest BCUT2D eigenvalue weighted by Gasteiger charge is 2.19. The van der Waals surface area contributed by atoms with Crippen molar-refractivity contribution < 1.29 is 13.6 Å². The maximum Gasteiger partial charge on any atom is 0.236 e. The minimum atomic E-state index is -0.608. The molecule has 0 saturated heterocycles. The average Bonchev–Trinajstić information content (AvgIpc) is 2.66. The van der Waals surface area contributed by atoms with E-state index in [-0.39, 0.29) is 18.5 Å². The van der Waals surface area contributed by atoms with Crippen molar-refractivity contribution in [3.05, 3.63) is 77.4 Å². The summed E-state index contributed by atoms with van der Waals surface area (Å²) >= 11 is 0. The minimum Gasteiger partial charge on any atom is -0.338 e. The first-order chi connectivity index (χ1) is 12.5. The second-order valence-electron chi connectivity index (χ2n) is 6.45. The molecule has 1 aliphatic rings. The lowest BCUT2D eigenvalue weighted by Crippen LogP contribution is -2.41. The van der Waals surface area contributed by atoms with Crippen molar-refractivity contribution in [2.24, 2.45) is 0 Å². The molecule has 1 heterocycles. The smallest absolute Gasteiger partial charge is 0.236 e. The highest BCUT2D eigenvalue weighted by Crippen LogP contribution is 2.22. The zero-order valence-electron chi connectivity index (χ0n) is 14.7.